The molecule has 5 rings (SSSR count). The van der Waals surface area contributed by atoms with Gasteiger partial charge < -0.3 is 18.9 Å². The fraction of sp³-hybridized carbons (Fsp3) is 0.276. The van der Waals surface area contributed by atoms with Crippen molar-refractivity contribution in [2.45, 2.75) is 19.0 Å². The van der Waals surface area contributed by atoms with Crippen molar-refractivity contribution in [2.24, 2.45) is 5.92 Å². The average Bonchev–Trinajstić information content (AvgIpc) is 3.48. The van der Waals surface area contributed by atoms with Gasteiger partial charge in [-0.2, -0.15) is 0 Å². The molecule has 11 heteroatoms. The van der Waals surface area contributed by atoms with E-state index in [2.05, 4.69) is 21.4 Å². The second kappa shape index (κ2) is 11.2. The molecule has 0 unspecified atom stereocenters. The molecule has 0 spiro atoms. The van der Waals surface area contributed by atoms with Gasteiger partial charge in [0.1, 0.15) is 11.8 Å². The molecule has 208 valence electrons. The zero-order valence-electron chi connectivity index (χ0n) is 22.3. The molecule has 0 saturated carbocycles. The highest BCUT2D eigenvalue weighted by molar-refractivity contribution is 9.10. The molecule has 2 fully saturated rings. The number of nitrogens with zero attached hydrogens (tertiary/aromatic N) is 2. The maximum atomic E-state index is 14.0. The molecule has 0 aliphatic carbocycles. The van der Waals surface area contributed by atoms with Crippen LogP contribution >= 0.6 is 15.9 Å². The molecular formula is C29H28BrN3O7. The number of methoxy groups -OCH3 is 3. The number of ether oxygens (including phenoxy) is 4. The van der Waals surface area contributed by atoms with Gasteiger partial charge in [0.25, 0.3) is 11.8 Å². The lowest BCUT2D eigenvalue weighted by Gasteiger charge is -2.26. The third-order valence-electron chi connectivity index (χ3n) is 7.00. The number of benzene rings is 3. The summed E-state index contributed by atoms with van der Waals surface area (Å²) >= 11 is 3.40. The van der Waals surface area contributed by atoms with Crippen LogP contribution in [-0.4, -0.2) is 56.7 Å². The molecule has 0 radical (unpaired) electrons. The molecule has 2 aliphatic heterocycles. The van der Waals surface area contributed by atoms with Crippen LogP contribution in [0.3, 0.4) is 0 Å². The first-order valence-electron chi connectivity index (χ1n) is 12.6. The molecule has 1 N–H and O–H groups in total. The van der Waals surface area contributed by atoms with Crippen molar-refractivity contribution in [3.63, 3.8) is 0 Å². The minimum atomic E-state index is -1.10. The van der Waals surface area contributed by atoms with Crippen molar-refractivity contribution in [1.29, 1.82) is 0 Å². The number of anilines is 1. The molecule has 0 bridgehead atoms. The Balaban J connectivity index is 1.61. The van der Waals surface area contributed by atoms with Gasteiger partial charge in [-0.25, -0.2) is 10.3 Å². The van der Waals surface area contributed by atoms with E-state index in [9.17, 15) is 14.4 Å². The van der Waals surface area contributed by atoms with Gasteiger partial charge in [0.15, 0.2) is 11.5 Å². The summed E-state index contributed by atoms with van der Waals surface area (Å²) in [6.07, 6.45) is 0. The number of nitrogens with one attached hydrogen (secondary N) is 1. The number of amides is 3. The van der Waals surface area contributed by atoms with E-state index in [-0.39, 0.29) is 0 Å². The number of hydrazine groups is 1. The van der Waals surface area contributed by atoms with E-state index in [0.717, 1.165) is 4.90 Å². The Kier molecular flexibility index (Phi) is 7.68. The second-order valence-electron chi connectivity index (χ2n) is 9.13. The first-order valence-corrected chi connectivity index (χ1v) is 13.4. The first-order chi connectivity index (χ1) is 19.3. The minimum Gasteiger partial charge on any atom is -0.494 e. The Morgan fingerprint density at radius 2 is 1.65 bits per heavy atom. The lowest BCUT2D eigenvalue weighted by molar-refractivity contribution is -0.123. The number of carbonyl (C=O) groups is 3. The number of halogens is 1. The van der Waals surface area contributed by atoms with Crippen LogP contribution in [0.2, 0.25) is 0 Å². The molecule has 2 saturated heterocycles. The van der Waals surface area contributed by atoms with E-state index in [1.54, 1.807) is 60.7 Å². The van der Waals surface area contributed by atoms with Crippen LogP contribution in [-0.2, 0) is 9.59 Å². The molecule has 2 aliphatic rings. The number of imide groups is 1. The largest absolute Gasteiger partial charge is 0.494 e. The topological polar surface area (TPSA) is 107 Å². The number of hydrogen-bond donors (Lipinski definition) is 1. The summed E-state index contributed by atoms with van der Waals surface area (Å²) in [6.45, 7) is 2.35. The van der Waals surface area contributed by atoms with Crippen molar-refractivity contribution in [2.75, 3.05) is 32.8 Å². The fourth-order valence-corrected chi connectivity index (χ4v) is 5.67. The van der Waals surface area contributed by atoms with E-state index in [1.807, 2.05) is 6.92 Å². The smallest absolute Gasteiger partial charge is 0.268 e. The third-order valence-corrected chi connectivity index (χ3v) is 7.49. The Morgan fingerprint density at radius 1 is 0.925 bits per heavy atom. The maximum absolute atomic E-state index is 14.0. The van der Waals surface area contributed by atoms with Gasteiger partial charge in [-0.15, -0.1) is 0 Å². The first kappa shape index (κ1) is 27.5. The normalized spacial score (nSPS) is 20.0. The summed E-state index contributed by atoms with van der Waals surface area (Å²) < 4.78 is 22.9. The predicted molar refractivity (Wildman–Crippen MR) is 150 cm³/mol. The average molecular weight is 610 g/mol. The highest BCUT2D eigenvalue weighted by Gasteiger charge is 2.61. The van der Waals surface area contributed by atoms with Crippen LogP contribution in [0, 0.1) is 5.92 Å². The predicted octanol–water partition coefficient (Wildman–Crippen LogP) is 4.13. The van der Waals surface area contributed by atoms with Crippen molar-refractivity contribution in [3.8, 4) is 23.0 Å². The molecular weight excluding hydrogens is 582 g/mol. The van der Waals surface area contributed by atoms with Crippen molar-refractivity contribution in [1.82, 2.24) is 10.4 Å². The zero-order chi connectivity index (χ0) is 28.6. The van der Waals surface area contributed by atoms with Crippen LogP contribution in [0.4, 0.5) is 5.69 Å². The monoisotopic (exact) mass is 609 g/mol. The van der Waals surface area contributed by atoms with Gasteiger partial charge in [-0.1, -0.05) is 22.0 Å². The Labute approximate surface area is 239 Å². The molecule has 3 aromatic carbocycles. The van der Waals surface area contributed by atoms with Crippen LogP contribution < -0.4 is 29.3 Å². The molecule has 2 heterocycles. The molecule has 40 heavy (non-hydrogen) atoms. The minimum absolute atomic E-state index is 0.328. The number of hydrogen-bond acceptors (Lipinski definition) is 8. The van der Waals surface area contributed by atoms with E-state index >= 15 is 0 Å². The summed E-state index contributed by atoms with van der Waals surface area (Å²) in [6, 6.07) is 15.1. The van der Waals surface area contributed by atoms with E-state index in [1.165, 1.54) is 26.3 Å². The molecule has 3 aromatic rings. The molecule has 3 atom stereocenters. The van der Waals surface area contributed by atoms with Crippen LogP contribution in [0.25, 0.3) is 0 Å². The van der Waals surface area contributed by atoms with Crippen molar-refractivity contribution >= 4 is 39.3 Å². The Bertz CT molecular complexity index is 1460. The maximum Gasteiger partial charge on any atom is 0.268 e. The summed E-state index contributed by atoms with van der Waals surface area (Å²) in [5, 5.41) is 1.25. The molecule has 10 nitrogen and oxygen atoms in total. The van der Waals surface area contributed by atoms with Crippen LogP contribution in [0.15, 0.2) is 65.1 Å². The quantitative estimate of drug-likeness (QED) is 0.380. The van der Waals surface area contributed by atoms with Gasteiger partial charge in [0, 0.05) is 15.6 Å². The molecule has 0 aromatic heterocycles. The van der Waals surface area contributed by atoms with Gasteiger partial charge >= 0.3 is 0 Å². The molecule has 3 amide bonds. The van der Waals surface area contributed by atoms with Crippen molar-refractivity contribution in [3.05, 3.63) is 76.3 Å². The second-order valence-corrected chi connectivity index (χ2v) is 10.0. The standard InChI is InChI=1S/C29H28BrN3O7/c1-5-40-19-11-9-18(10-12-19)32-28(35)22-23(20-13-14-21(37-2)26(39-4)25(20)38-3)31-33(24(22)29(32)36)27(34)16-7-6-8-17(30)15-16/h6-15,22-24,31H,5H2,1-4H3/t22-,23+,24+/m1/s1. The van der Waals surface area contributed by atoms with Gasteiger partial charge in [-0.3, -0.25) is 19.4 Å². The SMILES string of the molecule is CCOc1ccc(N2C(=O)[C@H]3[C@@H](C2=O)N(C(=O)c2cccc(Br)c2)N[C@H]3c2ccc(OC)c(OC)c2OC)cc1. The third kappa shape index (κ3) is 4.54. The van der Waals surface area contributed by atoms with E-state index in [0.29, 0.717) is 50.9 Å². The van der Waals surface area contributed by atoms with Gasteiger partial charge in [-0.05, 0) is 61.5 Å². The summed E-state index contributed by atoms with van der Waals surface area (Å²) in [5.74, 6) is -0.645. The fourth-order valence-electron chi connectivity index (χ4n) is 5.28. The van der Waals surface area contributed by atoms with Gasteiger partial charge in [0.2, 0.25) is 11.7 Å². The Hall–Kier alpha value is -4.09. The lowest BCUT2D eigenvalue weighted by Crippen LogP contribution is -2.48. The number of fused-ring (bicyclic) bond motifs is 1. The number of rotatable bonds is 8. The van der Waals surface area contributed by atoms with Crippen LogP contribution in [0.5, 0.6) is 23.0 Å². The summed E-state index contributed by atoms with van der Waals surface area (Å²) in [5.41, 5.74) is 4.43. The highest BCUT2D eigenvalue weighted by atomic mass is 79.9. The zero-order valence-corrected chi connectivity index (χ0v) is 23.9. The van der Waals surface area contributed by atoms with E-state index in [4.69, 9.17) is 18.9 Å². The van der Waals surface area contributed by atoms with E-state index < -0.39 is 35.7 Å². The summed E-state index contributed by atoms with van der Waals surface area (Å²) in [4.78, 5) is 42.9. The van der Waals surface area contributed by atoms with Crippen molar-refractivity contribution < 1.29 is 33.3 Å². The van der Waals surface area contributed by atoms with Crippen LogP contribution in [0.1, 0.15) is 28.9 Å². The lowest BCUT2D eigenvalue weighted by atomic mass is 9.90. The van der Waals surface area contributed by atoms with Gasteiger partial charge in [0.05, 0.1) is 45.6 Å². The number of carbonyl (C=O) groups excluding carboxylic acids is 3. The highest BCUT2D eigenvalue weighted by Crippen LogP contribution is 2.49. The summed E-state index contributed by atoms with van der Waals surface area (Å²) in [7, 11) is 4.47. The Morgan fingerprint density at radius 3 is 2.27 bits per heavy atom.